The summed E-state index contributed by atoms with van der Waals surface area (Å²) in [6.45, 7) is 8.59. The Kier molecular flexibility index (Phi) is 7.22. The Morgan fingerprint density at radius 1 is 1.21 bits per heavy atom. The van der Waals surface area contributed by atoms with Gasteiger partial charge in [0.1, 0.15) is 18.2 Å². The Morgan fingerprint density at radius 2 is 1.97 bits per heavy atom. The van der Waals surface area contributed by atoms with E-state index < -0.39 is 11.8 Å². The summed E-state index contributed by atoms with van der Waals surface area (Å²) in [7, 11) is 0. The minimum Gasteiger partial charge on any atom is -0.489 e. The van der Waals surface area contributed by atoms with E-state index in [2.05, 4.69) is 33.1 Å². The molecule has 0 saturated carbocycles. The lowest BCUT2D eigenvalue weighted by molar-refractivity contribution is -0.138. The van der Waals surface area contributed by atoms with Crippen LogP contribution in [0.1, 0.15) is 41.3 Å². The standard InChI is InChI=1S/C27H30FN3O3/c1-17-8-18(2)10-20(9-17)16-34-22-4-5-23(24(28)12-22)27-29-13-21-15-31(7-6-25(21)30-27)14-19(3)11-26(32)33/h4-5,8-10,12-13,19H,6-7,11,14-16H2,1-3H3,(H,32,33). The third-order valence-corrected chi connectivity index (χ3v) is 5.97. The topological polar surface area (TPSA) is 75.6 Å². The van der Waals surface area contributed by atoms with E-state index in [4.69, 9.17) is 9.84 Å². The Bertz CT molecular complexity index is 1180. The van der Waals surface area contributed by atoms with Crippen molar-refractivity contribution in [3.8, 4) is 17.1 Å². The number of hydrogen-bond acceptors (Lipinski definition) is 5. The van der Waals surface area contributed by atoms with Crippen LogP contribution in [-0.2, 0) is 24.4 Å². The normalized spacial score (nSPS) is 14.5. The fourth-order valence-corrected chi connectivity index (χ4v) is 4.55. The van der Waals surface area contributed by atoms with Gasteiger partial charge in [-0.2, -0.15) is 0 Å². The van der Waals surface area contributed by atoms with Crippen molar-refractivity contribution in [2.75, 3.05) is 13.1 Å². The van der Waals surface area contributed by atoms with E-state index in [-0.39, 0.29) is 12.3 Å². The Morgan fingerprint density at radius 3 is 2.68 bits per heavy atom. The highest BCUT2D eigenvalue weighted by Crippen LogP contribution is 2.27. The van der Waals surface area contributed by atoms with Gasteiger partial charge in [-0.3, -0.25) is 9.69 Å². The summed E-state index contributed by atoms with van der Waals surface area (Å²) in [6.07, 6.45) is 2.64. The molecule has 0 fully saturated rings. The molecule has 1 unspecified atom stereocenters. The van der Waals surface area contributed by atoms with Gasteiger partial charge in [-0.25, -0.2) is 14.4 Å². The zero-order chi connectivity index (χ0) is 24.2. The van der Waals surface area contributed by atoms with Crippen molar-refractivity contribution in [2.45, 2.75) is 46.8 Å². The highest BCUT2D eigenvalue weighted by molar-refractivity contribution is 5.67. The minimum absolute atomic E-state index is 0.0732. The molecule has 6 nitrogen and oxygen atoms in total. The maximum Gasteiger partial charge on any atom is 0.303 e. The molecule has 1 aliphatic rings. The van der Waals surface area contributed by atoms with Crippen LogP contribution in [0.5, 0.6) is 5.75 Å². The molecule has 0 radical (unpaired) electrons. The number of aliphatic carboxylic acids is 1. The summed E-state index contributed by atoms with van der Waals surface area (Å²) in [5.74, 6) is -0.294. The average Bonchev–Trinajstić information content (AvgIpc) is 2.76. The molecule has 34 heavy (non-hydrogen) atoms. The van der Waals surface area contributed by atoms with E-state index in [1.807, 2.05) is 20.8 Å². The van der Waals surface area contributed by atoms with E-state index in [9.17, 15) is 9.18 Å². The number of ether oxygens (including phenoxy) is 1. The molecular weight excluding hydrogens is 433 g/mol. The van der Waals surface area contributed by atoms with Gasteiger partial charge in [-0.05, 0) is 37.5 Å². The van der Waals surface area contributed by atoms with Crippen LogP contribution in [0.3, 0.4) is 0 Å². The first-order valence-electron chi connectivity index (χ1n) is 11.6. The molecular formula is C27H30FN3O3. The lowest BCUT2D eigenvalue weighted by Crippen LogP contribution is -2.35. The summed E-state index contributed by atoms with van der Waals surface area (Å²) in [6, 6.07) is 11.0. The van der Waals surface area contributed by atoms with Crippen LogP contribution in [0.15, 0.2) is 42.6 Å². The average molecular weight is 464 g/mol. The van der Waals surface area contributed by atoms with E-state index in [0.29, 0.717) is 36.8 Å². The molecule has 0 aliphatic carbocycles. The summed E-state index contributed by atoms with van der Waals surface area (Å²) >= 11 is 0. The number of rotatable bonds is 8. The Labute approximate surface area is 199 Å². The van der Waals surface area contributed by atoms with Crippen LogP contribution in [0.2, 0.25) is 0 Å². The Hall–Kier alpha value is -3.32. The number of hydrogen-bond donors (Lipinski definition) is 1. The molecule has 0 amide bonds. The van der Waals surface area contributed by atoms with Crippen LogP contribution in [0, 0.1) is 25.6 Å². The zero-order valence-corrected chi connectivity index (χ0v) is 19.8. The molecule has 1 aliphatic heterocycles. The first-order valence-corrected chi connectivity index (χ1v) is 11.6. The van der Waals surface area contributed by atoms with E-state index >= 15 is 0 Å². The smallest absolute Gasteiger partial charge is 0.303 e. The second kappa shape index (κ2) is 10.3. The number of fused-ring (bicyclic) bond motifs is 1. The predicted octanol–water partition coefficient (Wildman–Crippen LogP) is 4.95. The van der Waals surface area contributed by atoms with Crippen LogP contribution in [0.25, 0.3) is 11.4 Å². The van der Waals surface area contributed by atoms with Crippen LogP contribution in [-0.4, -0.2) is 39.0 Å². The highest BCUT2D eigenvalue weighted by atomic mass is 19.1. The molecule has 0 spiro atoms. The van der Waals surface area contributed by atoms with Gasteiger partial charge in [0.25, 0.3) is 0 Å². The minimum atomic E-state index is -0.776. The van der Waals surface area contributed by atoms with E-state index in [0.717, 1.165) is 29.8 Å². The second-order valence-corrected chi connectivity index (χ2v) is 9.28. The van der Waals surface area contributed by atoms with Gasteiger partial charge in [0.15, 0.2) is 5.82 Å². The number of aromatic nitrogens is 2. The number of nitrogens with zero attached hydrogens (tertiary/aromatic N) is 3. The highest BCUT2D eigenvalue weighted by Gasteiger charge is 2.22. The number of carboxylic acid groups (broad SMARTS) is 1. The second-order valence-electron chi connectivity index (χ2n) is 9.28. The summed E-state index contributed by atoms with van der Waals surface area (Å²) in [5.41, 5.74) is 5.66. The monoisotopic (exact) mass is 463 g/mol. The van der Waals surface area contributed by atoms with Crippen LogP contribution < -0.4 is 4.74 Å². The predicted molar refractivity (Wildman–Crippen MR) is 128 cm³/mol. The molecule has 7 heteroatoms. The van der Waals surface area contributed by atoms with Crippen molar-refractivity contribution in [3.63, 3.8) is 0 Å². The quantitative estimate of drug-likeness (QED) is 0.510. The number of carboxylic acids is 1. The maximum atomic E-state index is 14.9. The first kappa shape index (κ1) is 23.8. The van der Waals surface area contributed by atoms with Gasteiger partial charge in [0, 0.05) is 50.3 Å². The van der Waals surface area contributed by atoms with E-state index in [1.54, 1.807) is 18.3 Å². The van der Waals surface area contributed by atoms with Crippen molar-refractivity contribution >= 4 is 5.97 Å². The number of carbonyl (C=O) groups is 1. The first-order chi connectivity index (χ1) is 16.3. The molecule has 0 bridgehead atoms. The summed E-state index contributed by atoms with van der Waals surface area (Å²) in [5, 5.41) is 8.97. The molecule has 0 saturated heterocycles. The fraction of sp³-hybridized carbons (Fsp3) is 0.370. The lowest BCUT2D eigenvalue weighted by atomic mass is 10.0. The van der Waals surface area contributed by atoms with Gasteiger partial charge >= 0.3 is 5.97 Å². The molecule has 1 N–H and O–H groups in total. The maximum absolute atomic E-state index is 14.9. The third-order valence-electron chi connectivity index (χ3n) is 5.97. The zero-order valence-electron chi connectivity index (χ0n) is 19.8. The van der Waals surface area contributed by atoms with Crippen molar-refractivity contribution < 1.29 is 19.0 Å². The van der Waals surface area contributed by atoms with Gasteiger partial charge < -0.3 is 9.84 Å². The lowest BCUT2D eigenvalue weighted by Gasteiger charge is -2.29. The summed E-state index contributed by atoms with van der Waals surface area (Å²) in [4.78, 5) is 22.2. The van der Waals surface area contributed by atoms with Crippen LogP contribution >= 0.6 is 0 Å². The van der Waals surface area contributed by atoms with Crippen molar-refractivity contribution in [1.82, 2.24) is 14.9 Å². The largest absolute Gasteiger partial charge is 0.489 e. The van der Waals surface area contributed by atoms with Gasteiger partial charge in [-0.15, -0.1) is 0 Å². The van der Waals surface area contributed by atoms with E-state index in [1.165, 1.54) is 17.2 Å². The van der Waals surface area contributed by atoms with Crippen molar-refractivity contribution in [2.24, 2.45) is 5.92 Å². The van der Waals surface area contributed by atoms with Gasteiger partial charge in [-0.1, -0.05) is 36.2 Å². The Balaban J connectivity index is 1.42. The van der Waals surface area contributed by atoms with Crippen molar-refractivity contribution in [3.05, 3.63) is 76.4 Å². The van der Waals surface area contributed by atoms with Gasteiger partial charge in [0.05, 0.1) is 11.3 Å². The third kappa shape index (κ3) is 5.97. The molecule has 178 valence electrons. The number of halogens is 1. The molecule has 2 heterocycles. The van der Waals surface area contributed by atoms with Crippen molar-refractivity contribution in [1.29, 1.82) is 0 Å². The molecule has 2 aromatic carbocycles. The molecule has 1 atom stereocenters. The molecule has 3 aromatic rings. The molecule has 4 rings (SSSR count). The molecule has 1 aromatic heterocycles. The fourth-order valence-electron chi connectivity index (χ4n) is 4.55. The van der Waals surface area contributed by atoms with Crippen LogP contribution in [0.4, 0.5) is 4.39 Å². The van der Waals surface area contributed by atoms with Gasteiger partial charge in [0.2, 0.25) is 0 Å². The number of benzene rings is 2. The summed E-state index contributed by atoms with van der Waals surface area (Å²) < 4.78 is 20.7. The SMILES string of the molecule is Cc1cc(C)cc(COc2ccc(-c3ncc4c(n3)CCN(CC(C)CC(=O)O)C4)c(F)c2)c1. The number of aryl methyl sites for hydroxylation is 2.